The number of aliphatic carboxylic acids is 2. The number of carbonyl (C=O) groups is 3. The van der Waals surface area contributed by atoms with Crippen molar-refractivity contribution in [2.24, 2.45) is 0 Å². The number of carboxylic acid groups (broad SMARTS) is 2. The lowest BCUT2D eigenvalue weighted by Gasteiger charge is -2.46. The molecule has 3 atom stereocenters. The zero-order valence-electron chi connectivity index (χ0n) is 23.2. The number of hydrogen-bond acceptors (Lipinski definition) is 10. The SMILES string of the molecule is CC(C)(C)OC(=O)NCCN1CC2CN(C[C@H](O)COc3ccc(C#N)cc3)CC(C1)O2.O=C(O)CCC(=O)O. The van der Waals surface area contributed by atoms with E-state index in [-0.39, 0.29) is 31.7 Å². The maximum absolute atomic E-state index is 11.8. The molecule has 13 heteroatoms. The van der Waals surface area contributed by atoms with Gasteiger partial charge in [-0.2, -0.15) is 5.26 Å². The van der Waals surface area contributed by atoms with Crippen molar-refractivity contribution in [1.29, 1.82) is 5.26 Å². The minimum atomic E-state index is -1.08. The fourth-order valence-corrected chi connectivity index (χ4v) is 4.21. The number of rotatable bonds is 11. The highest BCUT2D eigenvalue weighted by atomic mass is 16.6. The number of morpholine rings is 2. The predicted octanol–water partition coefficient (Wildman–Crippen LogP) is 1.14. The predicted molar refractivity (Wildman–Crippen MR) is 143 cm³/mol. The number of hydrogen-bond donors (Lipinski definition) is 4. The normalized spacial score (nSPS) is 19.8. The fraction of sp³-hybridized carbons (Fsp3) is 0.630. The first-order valence-electron chi connectivity index (χ1n) is 13.1. The molecular formula is C27H40N4O9. The highest BCUT2D eigenvalue weighted by molar-refractivity contribution is 5.75. The zero-order chi connectivity index (χ0) is 29.7. The summed E-state index contributed by atoms with van der Waals surface area (Å²) in [4.78, 5) is 35.6. The molecule has 4 N–H and O–H groups in total. The molecule has 1 amide bonds. The molecule has 2 heterocycles. The molecule has 3 rings (SSSR count). The van der Waals surface area contributed by atoms with E-state index in [0.717, 1.165) is 32.7 Å². The quantitative estimate of drug-likeness (QED) is 0.301. The number of benzene rings is 1. The summed E-state index contributed by atoms with van der Waals surface area (Å²) in [5.41, 5.74) is 0.0775. The van der Waals surface area contributed by atoms with Gasteiger partial charge in [-0.25, -0.2) is 4.79 Å². The van der Waals surface area contributed by atoms with Gasteiger partial charge in [0.15, 0.2) is 0 Å². The maximum atomic E-state index is 11.8. The number of carboxylic acids is 2. The van der Waals surface area contributed by atoms with Crippen LogP contribution in [0.5, 0.6) is 5.75 Å². The van der Waals surface area contributed by atoms with Crippen molar-refractivity contribution in [3.05, 3.63) is 29.8 Å². The van der Waals surface area contributed by atoms with Gasteiger partial charge in [0.1, 0.15) is 24.1 Å². The molecule has 0 aliphatic carbocycles. The number of nitrogens with zero attached hydrogens (tertiary/aromatic N) is 3. The molecule has 2 bridgehead atoms. The number of alkyl carbamates (subject to hydrolysis) is 1. The van der Waals surface area contributed by atoms with Gasteiger partial charge in [0.2, 0.25) is 0 Å². The monoisotopic (exact) mass is 564 g/mol. The third-order valence-electron chi connectivity index (χ3n) is 5.78. The van der Waals surface area contributed by atoms with E-state index in [1.807, 2.05) is 20.8 Å². The smallest absolute Gasteiger partial charge is 0.407 e. The van der Waals surface area contributed by atoms with E-state index >= 15 is 0 Å². The van der Waals surface area contributed by atoms with E-state index < -0.39 is 29.7 Å². The third-order valence-corrected chi connectivity index (χ3v) is 5.78. The number of β-amino-alcohol motifs (C(OH)–C–C–N with tert-alkyl or cyclic N) is 1. The first-order chi connectivity index (χ1) is 18.8. The van der Waals surface area contributed by atoms with Crippen molar-refractivity contribution in [3.8, 4) is 11.8 Å². The van der Waals surface area contributed by atoms with E-state index in [2.05, 4.69) is 21.2 Å². The van der Waals surface area contributed by atoms with Crippen molar-refractivity contribution < 1.29 is 43.9 Å². The second kappa shape index (κ2) is 16.0. The summed E-state index contributed by atoms with van der Waals surface area (Å²) in [5, 5.41) is 37.9. The molecule has 40 heavy (non-hydrogen) atoms. The Morgan fingerprint density at radius 3 is 2.10 bits per heavy atom. The summed E-state index contributed by atoms with van der Waals surface area (Å²) in [6.45, 7) is 10.6. The summed E-state index contributed by atoms with van der Waals surface area (Å²) in [6.07, 6.45) is -1.44. The van der Waals surface area contributed by atoms with E-state index in [1.165, 1.54) is 0 Å². The standard InChI is InChI=1S/C23H34N4O5.C4H6O4/c1-23(2,3)32-22(29)25-8-9-26-12-20-14-27(15-21(13-26)31-20)11-18(28)16-30-19-6-4-17(10-24)5-7-19;5-3(6)1-2-4(7)8/h4-7,18,20-21,28H,8-9,11-16H2,1-3H3,(H,25,29);1-2H2,(H,5,6)(H,7,8)/t18-,20?,21?;/m0./s1. The van der Waals surface area contributed by atoms with Crippen LogP contribution in [-0.2, 0) is 19.1 Å². The van der Waals surface area contributed by atoms with Crippen molar-refractivity contribution in [3.63, 3.8) is 0 Å². The zero-order valence-corrected chi connectivity index (χ0v) is 23.2. The van der Waals surface area contributed by atoms with Gasteiger partial charge in [-0.15, -0.1) is 0 Å². The number of aliphatic hydroxyl groups is 1. The first-order valence-corrected chi connectivity index (χ1v) is 13.1. The molecule has 2 aliphatic rings. The molecule has 13 nitrogen and oxygen atoms in total. The van der Waals surface area contributed by atoms with Gasteiger partial charge in [0.05, 0.1) is 36.7 Å². The number of fused-ring (bicyclic) bond motifs is 2. The molecule has 0 radical (unpaired) electrons. The van der Waals surface area contributed by atoms with E-state index in [1.54, 1.807) is 24.3 Å². The number of carbonyl (C=O) groups excluding carboxylic acids is 1. The molecule has 2 unspecified atom stereocenters. The summed E-state index contributed by atoms with van der Waals surface area (Å²) < 4.78 is 17.0. The fourth-order valence-electron chi connectivity index (χ4n) is 4.21. The van der Waals surface area contributed by atoms with Crippen LogP contribution >= 0.6 is 0 Å². The Hall–Kier alpha value is -3.44. The molecule has 0 aromatic heterocycles. The van der Waals surface area contributed by atoms with E-state index in [9.17, 15) is 19.5 Å². The Morgan fingerprint density at radius 2 is 1.60 bits per heavy atom. The van der Waals surface area contributed by atoms with Crippen molar-refractivity contribution in [2.45, 2.75) is 57.5 Å². The topological polar surface area (TPSA) is 182 Å². The lowest BCUT2D eigenvalue weighted by atomic mass is 10.1. The molecule has 2 saturated heterocycles. The second-order valence-electron chi connectivity index (χ2n) is 10.7. The van der Waals surface area contributed by atoms with Gasteiger partial charge >= 0.3 is 18.0 Å². The minimum Gasteiger partial charge on any atom is -0.491 e. The maximum Gasteiger partial charge on any atom is 0.407 e. The summed E-state index contributed by atoms with van der Waals surface area (Å²) in [7, 11) is 0. The number of aliphatic hydroxyl groups excluding tert-OH is 1. The molecule has 0 saturated carbocycles. The highest BCUT2D eigenvalue weighted by Gasteiger charge is 2.35. The molecule has 2 fully saturated rings. The Morgan fingerprint density at radius 1 is 1.05 bits per heavy atom. The lowest BCUT2D eigenvalue weighted by Crippen LogP contribution is -2.61. The number of nitriles is 1. The number of amides is 1. The van der Waals surface area contributed by atoms with Gasteiger partial charge in [-0.05, 0) is 45.0 Å². The molecule has 1 aromatic rings. The largest absolute Gasteiger partial charge is 0.491 e. The van der Waals surface area contributed by atoms with Crippen LogP contribution in [0.15, 0.2) is 24.3 Å². The molecule has 222 valence electrons. The Kier molecular flexibility index (Phi) is 13.1. The summed E-state index contributed by atoms with van der Waals surface area (Å²) in [5.74, 6) is -1.52. The van der Waals surface area contributed by atoms with Crippen LogP contribution < -0.4 is 10.1 Å². The van der Waals surface area contributed by atoms with Crippen molar-refractivity contribution in [1.82, 2.24) is 15.1 Å². The molecule has 1 aromatic carbocycles. The Bertz CT molecular complexity index is 979. The second-order valence-corrected chi connectivity index (χ2v) is 10.7. The van der Waals surface area contributed by atoms with Crippen molar-refractivity contribution in [2.75, 3.05) is 52.4 Å². The minimum absolute atomic E-state index is 0.0793. The van der Waals surface area contributed by atoms with Crippen LogP contribution in [0.4, 0.5) is 4.79 Å². The molecular weight excluding hydrogens is 524 g/mol. The van der Waals surface area contributed by atoms with Gasteiger partial charge in [0, 0.05) is 45.8 Å². The first kappa shape index (κ1) is 32.8. The Labute approximate surface area is 234 Å². The van der Waals surface area contributed by atoms with Gasteiger partial charge in [-0.1, -0.05) is 0 Å². The van der Waals surface area contributed by atoms with E-state index in [0.29, 0.717) is 24.4 Å². The third kappa shape index (κ3) is 13.6. The van der Waals surface area contributed by atoms with Crippen LogP contribution in [0.2, 0.25) is 0 Å². The van der Waals surface area contributed by atoms with Crippen LogP contribution in [0, 0.1) is 11.3 Å². The van der Waals surface area contributed by atoms with E-state index in [4.69, 9.17) is 29.7 Å². The van der Waals surface area contributed by atoms with Gasteiger partial charge < -0.3 is 34.8 Å². The Balaban J connectivity index is 0.000000611. The van der Waals surface area contributed by atoms with Gasteiger partial charge in [-0.3, -0.25) is 19.4 Å². The molecule has 0 spiro atoms. The van der Waals surface area contributed by atoms with Crippen LogP contribution in [-0.4, -0.2) is 119 Å². The average Bonchev–Trinajstić information content (AvgIpc) is 2.85. The van der Waals surface area contributed by atoms with Crippen LogP contribution in [0.3, 0.4) is 0 Å². The average molecular weight is 565 g/mol. The number of ether oxygens (including phenoxy) is 3. The van der Waals surface area contributed by atoms with Crippen molar-refractivity contribution >= 4 is 18.0 Å². The molecule has 2 aliphatic heterocycles. The summed E-state index contributed by atoms with van der Waals surface area (Å²) >= 11 is 0. The van der Waals surface area contributed by atoms with Crippen LogP contribution in [0.25, 0.3) is 0 Å². The lowest BCUT2D eigenvalue weighted by molar-refractivity contribution is -0.143. The van der Waals surface area contributed by atoms with Crippen LogP contribution in [0.1, 0.15) is 39.2 Å². The van der Waals surface area contributed by atoms with Gasteiger partial charge in [0.25, 0.3) is 0 Å². The summed E-state index contributed by atoms with van der Waals surface area (Å²) in [6, 6.07) is 8.92. The highest BCUT2D eigenvalue weighted by Crippen LogP contribution is 2.19. The number of nitrogens with one attached hydrogen (secondary N) is 1.